The number of quaternary nitrogens is 1. The third-order valence-electron chi connectivity index (χ3n) is 4.34. The van der Waals surface area contributed by atoms with E-state index in [0.29, 0.717) is 6.73 Å². The van der Waals surface area contributed by atoms with E-state index >= 15 is 0 Å². The van der Waals surface area contributed by atoms with Crippen molar-refractivity contribution < 1.29 is 26.7 Å². The molecule has 0 heterocycles. The molecule has 0 aliphatic rings. The maximum Gasteiger partial charge on any atom is 0.182 e. The Hall–Kier alpha value is 0.170. The molecule has 0 radical (unpaired) electrons. The van der Waals surface area contributed by atoms with E-state index in [-0.39, 0.29) is 18.5 Å². The van der Waals surface area contributed by atoms with E-state index in [1.807, 2.05) is 6.92 Å². The van der Waals surface area contributed by atoms with Crippen molar-refractivity contribution >= 4 is 0 Å². The molecule has 148 valence electrons. The van der Waals surface area contributed by atoms with Crippen LogP contribution >= 0.6 is 0 Å². The average Bonchev–Trinajstić information content (AvgIpc) is 2.46. The zero-order chi connectivity index (χ0) is 17.4. The summed E-state index contributed by atoms with van der Waals surface area (Å²) in [6.07, 6.45) is 16.3. The number of hydrogen-bond donors (Lipinski definition) is 1. The van der Waals surface area contributed by atoms with Crippen LogP contribution in [0.3, 0.4) is 0 Å². The maximum atomic E-state index is 9.43. The first-order chi connectivity index (χ1) is 11.0. The first kappa shape index (κ1) is 26.4. The second kappa shape index (κ2) is 18.0. The third-order valence-corrected chi connectivity index (χ3v) is 4.34. The fraction of sp³-hybridized carbons (Fsp3) is 1.00. The molecule has 1 N–H and O–H groups in total. The van der Waals surface area contributed by atoms with Gasteiger partial charge in [-0.2, -0.15) is 0 Å². The summed E-state index contributed by atoms with van der Waals surface area (Å²) >= 11 is 0. The number of unbranched alkanes of at least 4 members (excludes halogenated alkanes) is 11. The molecule has 0 saturated carbocycles. The summed E-state index contributed by atoms with van der Waals surface area (Å²) in [6, 6.07) is 0. The third kappa shape index (κ3) is 20.2. The number of ether oxygens (including phenoxy) is 1. The predicted molar refractivity (Wildman–Crippen MR) is 101 cm³/mol. The van der Waals surface area contributed by atoms with Crippen LogP contribution in [0.2, 0.25) is 0 Å². The summed E-state index contributed by atoms with van der Waals surface area (Å²) < 4.78 is 6.48. The summed E-state index contributed by atoms with van der Waals surface area (Å²) in [5.41, 5.74) is 0. The van der Waals surface area contributed by atoms with Crippen molar-refractivity contribution in [1.82, 2.24) is 0 Å². The number of nitrogens with zero attached hydrogens (tertiary/aromatic N) is 1. The van der Waals surface area contributed by atoms with Crippen molar-refractivity contribution in [3.05, 3.63) is 0 Å². The molecule has 1 unspecified atom stereocenters. The molecular formula is C20H44ClNO2. The van der Waals surface area contributed by atoms with Crippen LogP contribution in [-0.2, 0) is 4.74 Å². The topological polar surface area (TPSA) is 29.5 Å². The van der Waals surface area contributed by atoms with Crippen molar-refractivity contribution in [3.8, 4) is 0 Å². The molecule has 0 aromatic heterocycles. The van der Waals surface area contributed by atoms with Crippen LogP contribution in [0.25, 0.3) is 0 Å². The molecule has 24 heavy (non-hydrogen) atoms. The first-order valence-corrected chi connectivity index (χ1v) is 10.1. The molecule has 0 aliphatic carbocycles. The van der Waals surface area contributed by atoms with E-state index in [9.17, 15) is 5.11 Å². The molecule has 4 heteroatoms. The standard InChI is InChI=1S/C20H44NO2.ClH/c1-5-6-7-8-9-10-11-12-13-14-15-16-17-23-19-21(3,4)18-20(2)22;/h20,22H,5-19H2,1-4H3;1H/q+1;/p-1. The minimum absolute atomic E-state index is 0. The number of aliphatic hydroxyl groups excluding tert-OH is 1. The Labute approximate surface area is 158 Å². The second-order valence-corrected chi connectivity index (χ2v) is 7.89. The first-order valence-electron chi connectivity index (χ1n) is 10.1. The summed E-state index contributed by atoms with van der Waals surface area (Å²) in [5, 5.41) is 9.43. The largest absolute Gasteiger partial charge is 1.00 e. The van der Waals surface area contributed by atoms with E-state index in [2.05, 4.69) is 21.0 Å². The smallest absolute Gasteiger partial charge is 0.182 e. The fourth-order valence-electron chi connectivity index (χ4n) is 3.12. The quantitative estimate of drug-likeness (QED) is 0.243. The Morgan fingerprint density at radius 2 is 1.21 bits per heavy atom. The Morgan fingerprint density at radius 1 is 0.792 bits per heavy atom. The lowest BCUT2D eigenvalue weighted by Gasteiger charge is -2.30. The van der Waals surface area contributed by atoms with Gasteiger partial charge < -0.3 is 26.7 Å². The predicted octanol–water partition coefficient (Wildman–Crippen LogP) is 2.12. The minimum atomic E-state index is -0.264. The van der Waals surface area contributed by atoms with Gasteiger partial charge in [0.1, 0.15) is 12.6 Å². The van der Waals surface area contributed by atoms with Gasteiger partial charge in [0.05, 0.1) is 20.7 Å². The fourth-order valence-corrected chi connectivity index (χ4v) is 3.12. The SMILES string of the molecule is CCCCCCCCCCCCCCOC[N+](C)(C)CC(C)O.[Cl-]. The highest BCUT2D eigenvalue weighted by molar-refractivity contribution is 4.48. The minimum Gasteiger partial charge on any atom is -1.00 e. The van der Waals surface area contributed by atoms with Crippen molar-refractivity contribution in [2.24, 2.45) is 0 Å². The number of hydrogen-bond acceptors (Lipinski definition) is 2. The van der Waals surface area contributed by atoms with Crippen molar-refractivity contribution in [2.75, 3.05) is 34.0 Å². The molecule has 0 spiro atoms. The maximum absolute atomic E-state index is 9.43. The van der Waals surface area contributed by atoms with Crippen LogP contribution in [-0.4, -0.2) is 49.7 Å². The normalized spacial score (nSPS) is 12.9. The summed E-state index contributed by atoms with van der Waals surface area (Å²) in [5.74, 6) is 0. The molecule has 0 aromatic carbocycles. The van der Waals surface area contributed by atoms with Crippen LogP contribution in [0.15, 0.2) is 0 Å². The molecule has 0 fully saturated rings. The van der Waals surface area contributed by atoms with E-state index < -0.39 is 0 Å². The molecule has 0 saturated heterocycles. The van der Waals surface area contributed by atoms with E-state index in [4.69, 9.17) is 4.74 Å². The molecular weight excluding hydrogens is 322 g/mol. The highest BCUT2D eigenvalue weighted by Gasteiger charge is 2.17. The second-order valence-electron chi connectivity index (χ2n) is 7.89. The lowest BCUT2D eigenvalue weighted by Crippen LogP contribution is -3.00. The van der Waals surface area contributed by atoms with E-state index in [0.717, 1.165) is 17.6 Å². The Morgan fingerprint density at radius 3 is 1.62 bits per heavy atom. The monoisotopic (exact) mass is 365 g/mol. The molecule has 0 aliphatic heterocycles. The Bertz CT molecular complexity index is 248. The van der Waals surface area contributed by atoms with Crippen LogP contribution in [0.1, 0.15) is 90.9 Å². The van der Waals surface area contributed by atoms with Gasteiger partial charge in [0.15, 0.2) is 6.73 Å². The lowest BCUT2D eigenvalue weighted by molar-refractivity contribution is -0.912. The Balaban J connectivity index is 0. The zero-order valence-corrected chi connectivity index (χ0v) is 17.6. The summed E-state index contributed by atoms with van der Waals surface area (Å²) in [6.45, 7) is 6.42. The molecule has 3 nitrogen and oxygen atoms in total. The highest BCUT2D eigenvalue weighted by Crippen LogP contribution is 2.12. The van der Waals surface area contributed by atoms with Gasteiger partial charge in [-0.05, 0) is 13.3 Å². The van der Waals surface area contributed by atoms with Gasteiger partial charge in [0.2, 0.25) is 0 Å². The van der Waals surface area contributed by atoms with Crippen LogP contribution in [0.5, 0.6) is 0 Å². The van der Waals surface area contributed by atoms with Gasteiger partial charge in [-0.3, -0.25) is 0 Å². The molecule has 0 bridgehead atoms. The highest BCUT2D eigenvalue weighted by atomic mass is 35.5. The summed E-state index contributed by atoms with van der Waals surface area (Å²) in [4.78, 5) is 0. The van der Waals surface area contributed by atoms with Crippen molar-refractivity contribution in [1.29, 1.82) is 0 Å². The van der Waals surface area contributed by atoms with Gasteiger partial charge in [-0.15, -0.1) is 0 Å². The van der Waals surface area contributed by atoms with Crippen LogP contribution in [0.4, 0.5) is 0 Å². The van der Waals surface area contributed by atoms with Gasteiger partial charge in [-0.25, -0.2) is 0 Å². The van der Waals surface area contributed by atoms with Gasteiger partial charge in [0.25, 0.3) is 0 Å². The molecule has 0 rings (SSSR count). The van der Waals surface area contributed by atoms with Crippen LogP contribution in [0, 0.1) is 0 Å². The van der Waals surface area contributed by atoms with E-state index in [1.165, 1.54) is 77.0 Å². The number of rotatable bonds is 17. The number of halogens is 1. The van der Waals surface area contributed by atoms with Gasteiger partial charge >= 0.3 is 0 Å². The number of likely N-dealkylation sites (N-methyl/N-ethyl adjacent to an activating group) is 1. The average molecular weight is 366 g/mol. The van der Waals surface area contributed by atoms with Crippen molar-refractivity contribution in [2.45, 2.75) is 97.0 Å². The van der Waals surface area contributed by atoms with Crippen molar-refractivity contribution in [3.63, 3.8) is 0 Å². The lowest BCUT2D eigenvalue weighted by atomic mass is 10.1. The van der Waals surface area contributed by atoms with Gasteiger partial charge in [0, 0.05) is 0 Å². The number of aliphatic hydroxyl groups is 1. The summed E-state index contributed by atoms with van der Waals surface area (Å²) in [7, 11) is 4.21. The zero-order valence-electron chi connectivity index (χ0n) is 16.9. The van der Waals surface area contributed by atoms with Crippen LogP contribution < -0.4 is 12.4 Å². The Kier molecular flexibility index (Phi) is 19.8. The van der Waals surface area contributed by atoms with Gasteiger partial charge in [-0.1, -0.05) is 77.6 Å². The molecule has 0 aromatic rings. The molecule has 1 atom stereocenters. The van der Waals surface area contributed by atoms with E-state index in [1.54, 1.807) is 0 Å². The molecule has 0 amide bonds.